The minimum Gasteiger partial charge on any atom is -0.353 e. The molecule has 0 radical (unpaired) electrons. The fourth-order valence-electron chi connectivity index (χ4n) is 6.60. The number of nitrogens with one attached hydrogen (secondary N) is 1. The largest absolute Gasteiger partial charge is 0.416 e. The molecule has 3 aromatic rings. The molecule has 0 unspecified atom stereocenters. The summed E-state index contributed by atoms with van der Waals surface area (Å²) in [5, 5.41) is 3.23. The highest BCUT2D eigenvalue weighted by Gasteiger charge is 2.43. The number of nitrogens with zero attached hydrogens (tertiary/aromatic N) is 1. The second-order valence-corrected chi connectivity index (χ2v) is 11.5. The summed E-state index contributed by atoms with van der Waals surface area (Å²) in [4.78, 5) is 15.0. The van der Waals surface area contributed by atoms with Gasteiger partial charge in [0, 0.05) is 38.0 Å². The Kier molecular flexibility index (Phi) is 9.07. The van der Waals surface area contributed by atoms with Crippen molar-refractivity contribution in [1.29, 1.82) is 0 Å². The molecule has 3 aromatic carbocycles. The Balaban J connectivity index is 1.10. The van der Waals surface area contributed by atoms with E-state index in [0.29, 0.717) is 36.8 Å². The predicted molar refractivity (Wildman–Crippen MR) is 148 cm³/mol. The van der Waals surface area contributed by atoms with Gasteiger partial charge in [0.05, 0.1) is 5.56 Å². The van der Waals surface area contributed by atoms with Crippen LogP contribution in [0, 0.1) is 23.5 Å². The van der Waals surface area contributed by atoms with Crippen molar-refractivity contribution in [3.63, 3.8) is 0 Å². The molecule has 8 heteroatoms. The Labute approximate surface area is 237 Å². The van der Waals surface area contributed by atoms with Crippen LogP contribution in [0.15, 0.2) is 72.8 Å². The van der Waals surface area contributed by atoms with E-state index in [-0.39, 0.29) is 29.5 Å². The number of likely N-dealkylation sites (tertiary alicyclic amines) is 1. The van der Waals surface area contributed by atoms with Crippen LogP contribution in [-0.4, -0.2) is 29.9 Å². The smallest absolute Gasteiger partial charge is 0.353 e. The number of fused-ring (bicyclic) bond motifs is 1. The van der Waals surface area contributed by atoms with E-state index in [2.05, 4.69) is 10.2 Å². The van der Waals surface area contributed by atoms with Crippen LogP contribution in [0.5, 0.6) is 0 Å². The molecule has 0 spiro atoms. The fraction of sp³-hybridized carbons (Fsp3) is 0.424. The van der Waals surface area contributed by atoms with Crippen molar-refractivity contribution in [2.45, 2.75) is 63.2 Å². The second-order valence-electron chi connectivity index (χ2n) is 11.5. The van der Waals surface area contributed by atoms with Gasteiger partial charge in [-0.25, -0.2) is 8.78 Å². The highest BCUT2D eigenvalue weighted by molar-refractivity contribution is 5.76. The van der Waals surface area contributed by atoms with E-state index in [1.54, 1.807) is 30.3 Å². The normalized spacial score (nSPS) is 20.9. The van der Waals surface area contributed by atoms with Crippen LogP contribution in [0.25, 0.3) is 0 Å². The summed E-state index contributed by atoms with van der Waals surface area (Å²) in [5.41, 5.74) is 1.94. The average Bonchev–Trinajstić information content (AvgIpc) is 3.50. The molecule has 1 heterocycles. The van der Waals surface area contributed by atoms with E-state index in [0.717, 1.165) is 56.0 Å². The summed E-state index contributed by atoms with van der Waals surface area (Å²) in [5.74, 6) is 0.143. The van der Waals surface area contributed by atoms with Crippen LogP contribution < -0.4 is 5.32 Å². The summed E-state index contributed by atoms with van der Waals surface area (Å²) in [6, 6.07) is 18.3. The number of unbranched alkanes of at least 4 members (excludes halogenated alkanes) is 1. The molecule has 1 saturated carbocycles. The molecule has 1 aliphatic heterocycles. The van der Waals surface area contributed by atoms with Gasteiger partial charge in [-0.15, -0.1) is 0 Å². The minimum atomic E-state index is -4.35. The van der Waals surface area contributed by atoms with Crippen LogP contribution in [0.1, 0.15) is 66.7 Å². The maximum atomic E-state index is 13.5. The van der Waals surface area contributed by atoms with Gasteiger partial charge in [0.25, 0.3) is 0 Å². The third kappa shape index (κ3) is 7.53. The standard InChI is InChI=1S/C33H35F5N2O/c34-27-13-8-23(9-14-27)29(24-10-15-28(35)16-11-24)6-1-2-7-32(41)39-31-17-12-25-20-40(21-30(25)31)19-22-4-3-5-26(18-22)33(36,37)38/h3-5,8-11,13-16,18,25,29-31H,1-2,6-7,12,17,19-21H2,(H,39,41)/t25-,30+,31-/m0/s1. The van der Waals surface area contributed by atoms with Crippen molar-refractivity contribution in [3.05, 3.63) is 107 Å². The maximum absolute atomic E-state index is 13.5. The molecule has 0 aromatic heterocycles. The third-order valence-electron chi connectivity index (χ3n) is 8.63. The molecule has 3 nitrogen and oxygen atoms in total. The van der Waals surface area contributed by atoms with Gasteiger partial charge in [-0.2, -0.15) is 13.2 Å². The number of alkyl halides is 3. The molecular weight excluding hydrogens is 535 g/mol. The van der Waals surface area contributed by atoms with Gasteiger partial charge in [0.2, 0.25) is 5.91 Å². The van der Waals surface area contributed by atoms with Gasteiger partial charge in [-0.1, -0.05) is 48.9 Å². The SMILES string of the molecule is O=C(CCCCC(c1ccc(F)cc1)c1ccc(F)cc1)N[C@H]1CC[C@H]2CN(Cc3cccc(C(F)(F)F)c3)C[C@H]21. The number of halogens is 5. The van der Waals surface area contributed by atoms with Crippen molar-refractivity contribution in [2.24, 2.45) is 11.8 Å². The van der Waals surface area contributed by atoms with E-state index in [9.17, 15) is 26.7 Å². The first-order valence-electron chi connectivity index (χ1n) is 14.3. The minimum absolute atomic E-state index is 0.0175. The van der Waals surface area contributed by atoms with Crippen LogP contribution in [0.3, 0.4) is 0 Å². The van der Waals surface area contributed by atoms with Gasteiger partial charge in [-0.05, 0) is 84.5 Å². The Morgan fingerprint density at radius 1 is 0.878 bits per heavy atom. The van der Waals surface area contributed by atoms with Crippen molar-refractivity contribution in [2.75, 3.05) is 13.1 Å². The first-order chi connectivity index (χ1) is 19.7. The zero-order valence-electron chi connectivity index (χ0n) is 22.8. The molecule has 1 aliphatic carbocycles. The summed E-state index contributed by atoms with van der Waals surface area (Å²) in [7, 11) is 0. The first kappa shape index (κ1) is 29.2. The van der Waals surface area contributed by atoms with Crippen LogP contribution in [0.4, 0.5) is 22.0 Å². The summed E-state index contributed by atoms with van der Waals surface area (Å²) >= 11 is 0. The molecule has 0 bridgehead atoms. The maximum Gasteiger partial charge on any atom is 0.416 e. The number of benzene rings is 3. The third-order valence-corrected chi connectivity index (χ3v) is 8.63. The topological polar surface area (TPSA) is 32.3 Å². The summed E-state index contributed by atoms with van der Waals surface area (Å²) in [6.45, 7) is 2.07. The lowest BCUT2D eigenvalue weighted by atomic mass is 9.87. The zero-order valence-corrected chi connectivity index (χ0v) is 22.8. The van der Waals surface area contributed by atoms with Crippen molar-refractivity contribution >= 4 is 5.91 Å². The lowest BCUT2D eigenvalue weighted by Crippen LogP contribution is -2.39. The Morgan fingerprint density at radius 3 is 2.17 bits per heavy atom. The van der Waals surface area contributed by atoms with Crippen LogP contribution >= 0.6 is 0 Å². The van der Waals surface area contributed by atoms with Crippen molar-refractivity contribution in [3.8, 4) is 0 Å². The van der Waals surface area contributed by atoms with Gasteiger partial charge >= 0.3 is 6.18 Å². The Morgan fingerprint density at radius 2 is 1.54 bits per heavy atom. The number of carbonyl (C=O) groups is 1. The van der Waals surface area contributed by atoms with Gasteiger partial charge in [0.15, 0.2) is 0 Å². The molecule has 2 fully saturated rings. The molecule has 3 atom stereocenters. The molecule has 41 heavy (non-hydrogen) atoms. The van der Waals surface area contributed by atoms with Crippen molar-refractivity contribution in [1.82, 2.24) is 10.2 Å². The molecular formula is C33H35F5N2O. The zero-order chi connectivity index (χ0) is 29.0. The Hall–Kier alpha value is -3.26. The lowest BCUT2D eigenvalue weighted by molar-refractivity contribution is -0.137. The van der Waals surface area contributed by atoms with E-state index < -0.39 is 11.7 Å². The van der Waals surface area contributed by atoms with Gasteiger partial charge in [-0.3, -0.25) is 9.69 Å². The number of hydrogen-bond acceptors (Lipinski definition) is 2. The fourth-order valence-corrected chi connectivity index (χ4v) is 6.60. The molecule has 5 rings (SSSR count). The number of hydrogen-bond donors (Lipinski definition) is 1. The molecule has 1 saturated heterocycles. The number of rotatable bonds is 10. The first-order valence-corrected chi connectivity index (χ1v) is 14.3. The molecule has 1 N–H and O–H groups in total. The Bertz CT molecular complexity index is 1260. The quantitative estimate of drug-likeness (QED) is 0.200. The van der Waals surface area contributed by atoms with E-state index >= 15 is 0 Å². The number of amides is 1. The highest BCUT2D eigenvalue weighted by atomic mass is 19.4. The summed E-state index contributed by atoms with van der Waals surface area (Å²) < 4.78 is 66.3. The highest BCUT2D eigenvalue weighted by Crippen LogP contribution is 2.39. The van der Waals surface area contributed by atoms with E-state index in [1.807, 2.05) is 0 Å². The molecule has 218 valence electrons. The average molecular weight is 571 g/mol. The molecule has 2 aliphatic rings. The van der Waals surface area contributed by atoms with E-state index in [4.69, 9.17) is 0 Å². The van der Waals surface area contributed by atoms with E-state index in [1.165, 1.54) is 36.4 Å². The number of carbonyl (C=O) groups excluding carboxylic acids is 1. The monoisotopic (exact) mass is 570 g/mol. The van der Waals surface area contributed by atoms with Gasteiger partial charge in [0.1, 0.15) is 11.6 Å². The summed E-state index contributed by atoms with van der Waals surface area (Å²) in [6.07, 6.45) is 0.225. The lowest BCUT2D eigenvalue weighted by Gasteiger charge is -2.22. The van der Waals surface area contributed by atoms with Crippen LogP contribution in [0.2, 0.25) is 0 Å². The van der Waals surface area contributed by atoms with Crippen LogP contribution in [-0.2, 0) is 17.5 Å². The van der Waals surface area contributed by atoms with Crippen molar-refractivity contribution < 1.29 is 26.7 Å². The predicted octanol–water partition coefficient (Wildman–Crippen LogP) is 7.70. The second kappa shape index (κ2) is 12.7. The van der Waals surface area contributed by atoms with Gasteiger partial charge < -0.3 is 5.32 Å². The molecule has 1 amide bonds.